The number of nitrogens with one attached hydrogen (secondary N) is 1. The van der Waals surface area contributed by atoms with Crippen molar-refractivity contribution in [2.45, 2.75) is 32.6 Å². The van der Waals surface area contributed by atoms with Crippen molar-refractivity contribution in [2.24, 2.45) is 11.8 Å². The lowest BCUT2D eigenvalue weighted by atomic mass is 10.1. The molecule has 1 saturated carbocycles. The SMILES string of the molecule is Cc1cccc(NC(=O)C2CC2C(=O)N2CCCCC2)c1. The Morgan fingerprint density at radius 1 is 1.14 bits per heavy atom. The molecule has 3 rings (SSSR count). The Morgan fingerprint density at radius 3 is 2.62 bits per heavy atom. The Balaban J connectivity index is 1.54. The first-order valence-corrected chi connectivity index (χ1v) is 7.81. The van der Waals surface area contributed by atoms with E-state index in [1.54, 1.807) is 0 Å². The van der Waals surface area contributed by atoms with Crippen LogP contribution in [0.1, 0.15) is 31.2 Å². The van der Waals surface area contributed by atoms with E-state index in [2.05, 4.69) is 5.32 Å². The fourth-order valence-electron chi connectivity index (χ4n) is 3.06. The number of aryl methyl sites for hydroxylation is 1. The average molecular weight is 286 g/mol. The summed E-state index contributed by atoms with van der Waals surface area (Å²) >= 11 is 0. The first-order chi connectivity index (χ1) is 10.1. The lowest BCUT2D eigenvalue weighted by molar-refractivity contribution is -0.134. The minimum Gasteiger partial charge on any atom is -0.342 e. The fourth-order valence-corrected chi connectivity index (χ4v) is 3.06. The number of nitrogens with zero attached hydrogens (tertiary/aromatic N) is 1. The highest BCUT2D eigenvalue weighted by molar-refractivity contribution is 5.99. The van der Waals surface area contributed by atoms with E-state index in [1.165, 1.54) is 6.42 Å². The van der Waals surface area contributed by atoms with Gasteiger partial charge in [0.05, 0.1) is 11.8 Å². The number of benzene rings is 1. The van der Waals surface area contributed by atoms with Crippen LogP contribution in [0.25, 0.3) is 0 Å². The smallest absolute Gasteiger partial charge is 0.228 e. The molecule has 2 unspecified atom stereocenters. The second kappa shape index (κ2) is 5.88. The first kappa shape index (κ1) is 14.1. The second-order valence-electron chi connectivity index (χ2n) is 6.19. The molecule has 1 aromatic rings. The minimum atomic E-state index is -0.139. The van der Waals surface area contributed by atoms with E-state index >= 15 is 0 Å². The van der Waals surface area contributed by atoms with Crippen LogP contribution in [-0.4, -0.2) is 29.8 Å². The molecule has 1 aromatic carbocycles. The zero-order chi connectivity index (χ0) is 14.8. The molecule has 0 spiro atoms. The van der Waals surface area contributed by atoms with Gasteiger partial charge in [0.1, 0.15) is 0 Å². The van der Waals surface area contributed by atoms with E-state index < -0.39 is 0 Å². The number of hydrogen-bond donors (Lipinski definition) is 1. The van der Waals surface area contributed by atoms with Crippen LogP contribution >= 0.6 is 0 Å². The molecule has 21 heavy (non-hydrogen) atoms. The Morgan fingerprint density at radius 2 is 1.90 bits per heavy atom. The van der Waals surface area contributed by atoms with Crippen LogP contribution in [0.2, 0.25) is 0 Å². The molecule has 4 nitrogen and oxygen atoms in total. The summed E-state index contributed by atoms with van der Waals surface area (Å²) in [5.41, 5.74) is 1.93. The number of hydrogen-bond acceptors (Lipinski definition) is 2. The van der Waals surface area contributed by atoms with Gasteiger partial charge < -0.3 is 10.2 Å². The van der Waals surface area contributed by atoms with Crippen molar-refractivity contribution < 1.29 is 9.59 Å². The van der Waals surface area contributed by atoms with Gasteiger partial charge in [-0.05, 0) is 50.3 Å². The molecule has 2 atom stereocenters. The highest BCUT2D eigenvalue weighted by Crippen LogP contribution is 2.41. The van der Waals surface area contributed by atoms with Crippen molar-refractivity contribution in [3.63, 3.8) is 0 Å². The summed E-state index contributed by atoms with van der Waals surface area (Å²) in [6, 6.07) is 7.75. The van der Waals surface area contributed by atoms with Crippen molar-refractivity contribution in [1.29, 1.82) is 0 Å². The van der Waals surface area contributed by atoms with Gasteiger partial charge in [-0.3, -0.25) is 9.59 Å². The Labute approximate surface area is 125 Å². The van der Waals surface area contributed by atoms with Crippen LogP contribution in [0.15, 0.2) is 24.3 Å². The molecular weight excluding hydrogens is 264 g/mol. The summed E-state index contributed by atoms with van der Waals surface area (Å²) in [6.07, 6.45) is 4.11. The third kappa shape index (κ3) is 3.26. The zero-order valence-corrected chi connectivity index (χ0v) is 12.5. The van der Waals surface area contributed by atoms with Crippen molar-refractivity contribution in [1.82, 2.24) is 4.90 Å². The number of carbonyl (C=O) groups excluding carboxylic acids is 2. The van der Waals surface area contributed by atoms with E-state index in [0.29, 0.717) is 6.42 Å². The molecule has 0 radical (unpaired) electrons. The molecule has 1 aliphatic carbocycles. The number of likely N-dealkylation sites (tertiary alicyclic amines) is 1. The molecule has 1 saturated heterocycles. The summed E-state index contributed by atoms with van der Waals surface area (Å²) in [7, 11) is 0. The molecule has 1 heterocycles. The van der Waals surface area contributed by atoms with Crippen LogP contribution < -0.4 is 5.32 Å². The van der Waals surface area contributed by atoms with E-state index in [1.807, 2.05) is 36.1 Å². The molecule has 0 aromatic heterocycles. The maximum atomic E-state index is 12.3. The maximum absolute atomic E-state index is 12.3. The second-order valence-corrected chi connectivity index (χ2v) is 6.19. The largest absolute Gasteiger partial charge is 0.342 e. The van der Waals surface area contributed by atoms with Gasteiger partial charge in [0.2, 0.25) is 11.8 Å². The van der Waals surface area contributed by atoms with Gasteiger partial charge in [0.15, 0.2) is 0 Å². The quantitative estimate of drug-likeness (QED) is 0.928. The third-order valence-electron chi connectivity index (χ3n) is 4.40. The lowest BCUT2D eigenvalue weighted by Crippen LogP contribution is -2.37. The Bertz CT molecular complexity index is 549. The van der Waals surface area contributed by atoms with Gasteiger partial charge in [-0.2, -0.15) is 0 Å². The molecule has 2 aliphatic rings. The van der Waals surface area contributed by atoms with Gasteiger partial charge in [0, 0.05) is 18.8 Å². The highest BCUT2D eigenvalue weighted by Gasteiger charge is 2.49. The van der Waals surface area contributed by atoms with E-state index in [0.717, 1.165) is 37.2 Å². The van der Waals surface area contributed by atoms with Gasteiger partial charge >= 0.3 is 0 Å². The minimum absolute atomic E-state index is 0.0176. The molecule has 2 fully saturated rings. The van der Waals surface area contributed by atoms with Crippen molar-refractivity contribution in [3.05, 3.63) is 29.8 Å². The van der Waals surface area contributed by atoms with Gasteiger partial charge in [0.25, 0.3) is 0 Å². The van der Waals surface area contributed by atoms with Crippen molar-refractivity contribution >= 4 is 17.5 Å². The summed E-state index contributed by atoms with van der Waals surface area (Å²) in [4.78, 5) is 26.5. The molecular formula is C17H22N2O2. The fraction of sp³-hybridized carbons (Fsp3) is 0.529. The van der Waals surface area contributed by atoms with Crippen molar-refractivity contribution in [2.75, 3.05) is 18.4 Å². The standard InChI is InChI=1S/C17H22N2O2/c1-12-6-5-7-13(10-12)18-16(20)14-11-15(14)17(21)19-8-3-2-4-9-19/h5-7,10,14-15H,2-4,8-9,11H2,1H3,(H,18,20). The lowest BCUT2D eigenvalue weighted by Gasteiger charge is -2.26. The molecule has 112 valence electrons. The normalized spacial score (nSPS) is 24.5. The van der Waals surface area contributed by atoms with Crippen molar-refractivity contribution in [3.8, 4) is 0 Å². The molecule has 2 amide bonds. The van der Waals surface area contributed by atoms with Gasteiger partial charge in [-0.15, -0.1) is 0 Å². The third-order valence-corrected chi connectivity index (χ3v) is 4.40. The Kier molecular flexibility index (Phi) is 3.95. The van der Waals surface area contributed by atoms with E-state index in [4.69, 9.17) is 0 Å². The monoisotopic (exact) mass is 286 g/mol. The summed E-state index contributed by atoms with van der Waals surface area (Å²) in [5.74, 6) is -0.0668. The number of rotatable bonds is 3. The van der Waals surface area contributed by atoms with Crippen LogP contribution in [-0.2, 0) is 9.59 Å². The van der Waals surface area contributed by atoms with E-state index in [-0.39, 0.29) is 23.7 Å². The van der Waals surface area contributed by atoms with Crippen LogP contribution in [0.5, 0.6) is 0 Å². The number of carbonyl (C=O) groups is 2. The highest BCUT2D eigenvalue weighted by atomic mass is 16.2. The van der Waals surface area contributed by atoms with Gasteiger partial charge in [-0.25, -0.2) is 0 Å². The molecule has 1 N–H and O–H groups in total. The van der Waals surface area contributed by atoms with E-state index in [9.17, 15) is 9.59 Å². The Hall–Kier alpha value is -1.84. The average Bonchev–Trinajstić information content (AvgIpc) is 3.28. The predicted octanol–water partition coefficient (Wildman–Crippen LogP) is 2.58. The molecule has 4 heteroatoms. The summed E-state index contributed by atoms with van der Waals surface area (Å²) < 4.78 is 0. The van der Waals surface area contributed by atoms with Crippen LogP contribution in [0, 0.1) is 18.8 Å². The number of amides is 2. The summed E-state index contributed by atoms with van der Waals surface area (Å²) in [6.45, 7) is 3.72. The number of anilines is 1. The van der Waals surface area contributed by atoms with Gasteiger partial charge in [-0.1, -0.05) is 12.1 Å². The summed E-state index contributed by atoms with van der Waals surface area (Å²) in [5, 5.41) is 2.92. The zero-order valence-electron chi connectivity index (χ0n) is 12.5. The topological polar surface area (TPSA) is 49.4 Å². The molecule has 1 aliphatic heterocycles. The molecule has 0 bridgehead atoms. The van der Waals surface area contributed by atoms with Crippen LogP contribution in [0.4, 0.5) is 5.69 Å². The van der Waals surface area contributed by atoms with Crippen LogP contribution in [0.3, 0.4) is 0 Å². The maximum Gasteiger partial charge on any atom is 0.228 e. The number of piperidine rings is 1. The predicted molar refractivity (Wildman–Crippen MR) is 81.8 cm³/mol. The first-order valence-electron chi connectivity index (χ1n) is 7.81.